The first kappa shape index (κ1) is 11.2. The van der Waals surface area contributed by atoms with Crippen LogP contribution < -0.4 is 0 Å². The zero-order chi connectivity index (χ0) is 9.90. The molecule has 1 fully saturated rings. The summed E-state index contributed by atoms with van der Waals surface area (Å²) in [6.45, 7) is 1.60. The third kappa shape index (κ3) is 2.81. The van der Waals surface area contributed by atoms with E-state index >= 15 is 0 Å². The maximum atomic E-state index is 13.3. The van der Waals surface area contributed by atoms with E-state index in [2.05, 4.69) is 0 Å². The van der Waals surface area contributed by atoms with Gasteiger partial charge in [0, 0.05) is 5.92 Å². The fourth-order valence-electron chi connectivity index (χ4n) is 2.02. The second-order valence-corrected chi connectivity index (χ2v) is 4.41. The topological polar surface area (TPSA) is 20.2 Å². The lowest BCUT2D eigenvalue weighted by Gasteiger charge is -2.27. The first-order valence-electron chi connectivity index (χ1n) is 4.72. The number of hydrogen-bond donors (Lipinski definition) is 1. The van der Waals surface area contributed by atoms with Gasteiger partial charge < -0.3 is 4.55 Å². The van der Waals surface area contributed by atoms with E-state index in [1.165, 1.54) is 0 Å². The molecule has 1 N–H and O–H groups in total. The van der Waals surface area contributed by atoms with Gasteiger partial charge in [-0.05, 0) is 30.8 Å². The van der Waals surface area contributed by atoms with Crippen LogP contribution in [0.5, 0.6) is 0 Å². The summed E-state index contributed by atoms with van der Waals surface area (Å²) in [5.74, 6) is -3.61. The molecule has 4 heteroatoms. The highest BCUT2D eigenvalue weighted by atomic mass is 32.2. The summed E-state index contributed by atoms with van der Waals surface area (Å²) < 4.78 is 35.0. The highest BCUT2D eigenvalue weighted by Gasteiger charge is 2.41. The maximum Gasteiger partial charge on any atom is 0.262 e. The van der Waals surface area contributed by atoms with Crippen LogP contribution in [0, 0.1) is 11.8 Å². The van der Waals surface area contributed by atoms with Gasteiger partial charge >= 0.3 is 0 Å². The molecule has 1 atom stereocenters. The van der Waals surface area contributed by atoms with E-state index in [0.717, 1.165) is 25.7 Å². The van der Waals surface area contributed by atoms with Crippen LogP contribution in [0.1, 0.15) is 32.6 Å². The molecule has 0 radical (unpaired) electrons. The Morgan fingerprint density at radius 2 is 2.00 bits per heavy atom. The Bertz CT molecular complexity index is 158. The molecule has 0 heterocycles. The molecule has 0 unspecified atom stereocenters. The van der Waals surface area contributed by atoms with Crippen LogP contribution in [0.4, 0.5) is 8.78 Å². The minimum Gasteiger partial charge on any atom is -0.330 e. The molecular formula is C9H16F2OS. The van der Waals surface area contributed by atoms with Crippen molar-refractivity contribution in [1.82, 2.24) is 0 Å². The Morgan fingerprint density at radius 1 is 1.46 bits per heavy atom. The fourth-order valence-corrected chi connectivity index (χ4v) is 2.45. The molecule has 0 aromatic rings. The van der Waals surface area contributed by atoms with Crippen molar-refractivity contribution in [3.63, 3.8) is 0 Å². The highest BCUT2D eigenvalue weighted by molar-refractivity contribution is 7.93. The van der Waals surface area contributed by atoms with Gasteiger partial charge in [-0.15, -0.1) is 0 Å². The Labute approximate surface area is 82.1 Å². The molecule has 1 aliphatic rings. The lowest BCUT2D eigenvalue weighted by molar-refractivity contribution is -0.0499. The average Bonchev–Trinajstić information content (AvgIpc) is 2.54. The van der Waals surface area contributed by atoms with Gasteiger partial charge in [0.2, 0.25) is 0 Å². The van der Waals surface area contributed by atoms with Crippen molar-refractivity contribution in [2.24, 2.45) is 11.8 Å². The Kier molecular flexibility index (Phi) is 3.98. The first-order chi connectivity index (χ1) is 6.08. The summed E-state index contributed by atoms with van der Waals surface area (Å²) in [6, 6.07) is 0. The van der Waals surface area contributed by atoms with E-state index in [-0.39, 0.29) is 18.0 Å². The summed E-state index contributed by atoms with van der Waals surface area (Å²) in [6.07, 6.45) is 4.01. The summed E-state index contributed by atoms with van der Waals surface area (Å²) in [7, 11) is 0. The molecule has 78 valence electrons. The Balaban J connectivity index is 2.48. The number of halogens is 2. The third-order valence-corrected chi connectivity index (χ3v) is 3.54. The molecule has 0 aromatic carbocycles. The Morgan fingerprint density at radius 3 is 2.46 bits per heavy atom. The van der Waals surface area contributed by atoms with Crippen LogP contribution in [0.3, 0.4) is 0 Å². The average molecular weight is 210 g/mol. The molecule has 0 aliphatic heterocycles. The van der Waals surface area contributed by atoms with E-state index in [1.807, 2.05) is 0 Å². The van der Waals surface area contributed by atoms with Crippen LogP contribution >= 0.6 is 12.0 Å². The SMILES string of the molecule is C[C@@H](C1CCCC1)C(F)(F)CSO. The van der Waals surface area contributed by atoms with Crippen molar-refractivity contribution < 1.29 is 13.3 Å². The molecule has 1 aliphatic carbocycles. The molecule has 0 aromatic heterocycles. The van der Waals surface area contributed by atoms with Crippen molar-refractivity contribution in [3.8, 4) is 0 Å². The van der Waals surface area contributed by atoms with E-state index in [0.29, 0.717) is 0 Å². The second kappa shape index (κ2) is 4.60. The molecule has 0 saturated heterocycles. The molecule has 13 heavy (non-hydrogen) atoms. The normalized spacial score (nSPS) is 22.2. The Hall–Kier alpha value is 0.170. The monoisotopic (exact) mass is 210 g/mol. The number of hydrogen-bond acceptors (Lipinski definition) is 2. The quantitative estimate of drug-likeness (QED) is 0.715. The molecule has 0 spiro atoms. The second-order valence-electron chi connectivity index (χ2n) is 3.87. The summed E-state index contributed by atoms with van der Waals surface area (Å²) in [5.41, 5.74) is 0. The zero-order valence-corrected chi connectivity index (χ0v) is 8.62. The van der Waals surface area contributed by atoms with Gasteiger partial charge in [0.05, 0.1) is 5.75 Å². The molecule has 0 bridgehead atoms. The standard InChI is InChI=1S/C9H16F2OS/c1-7(8-4-2-3-5-8)9(10,11)6-13-12/h7-8,12H,2-6H2,1H3/t7-/m0/s1. The van der Waals surface area contributed by atoms with Crippen molar-refractivity contribution >= 4 is 12.0 Å². The summed E-state index contributed by atoms with van der Waals surface area (Å²) in [4.78, 5) is 0. The van der Waals surface area contributed by atoms with Gasteiger partial charge in [0.25, 0.3) is 5.92 Å². The van der Waals surface area contributed by atoms with Gasteiger partial charge in [0.1, 0.15) is 0 Å². The lowest BCUT2D eigenvalue weighted by Crippen LogP contribution is -2.33. The molecule has 1 nitrogen and oxygen atoms in total. The predicted molar refractivity (Wildman–Crippen MR) is 51.2 cm³/mol. The van der Waals surface area contributed by atoms with E-state index in [9.17, 15) is 8.78 Å². The van der Waals surface area contributed by atoms with Crippen molar-refractivity contribution in [3.05, 3.63) is 0 Å². The van der Waals surface area contributed by atoms with Crippen LogP contribution in [0.25, 0.3) is 0 Å². The molecule has 0 amide bonds. The summed E-state index contributed by atoms with van der Waals surface area (Å²) >= 11 is 0.246. The van der Waals surface area contributed by atoms with Gasteiger partial charge in [-0.2, -0.15) is 0 Å². The highest BCUT2D eigenvalue weighted by Crippen LogP contribution is 2.40. The molecule has 1 rings (SSSR count). The largest absolute Gasteiger partial charge is 0.330 e. The van der Waals surface area contributed by atoms with Crippen molar-refractivity contribution in [2.75, 3.05) is 5.75 Å². The van der Waals surface area contributed by atoms with Crippen LogP contribution in [-0.4, -0.2) is 16.2 Å². The minimum absolute atomic E-state index is 0.155. The van der Waals surface area contributed by atoms with Crippen LogP contribution in [-0.2, 0) is 0 Å². The van der Waals surface area contributed by atoms with Gasteiger partial charge in [0.15, 0.2) is 0 Å². The van der Waals surface area contributed by atoms with Gasteiger partial charge in [-0.1, -0.05) is 19.8 Å². The molecule has 1 saturated carbocycles. The van der Waals surface area contributed by atoms with Crippen molar-refractivity contribution in [1.29, 1.82) is 0 Å². The van der Waals surface area contributed by atoms with Crippen molar-refractivity contribution in [2.45, 2.75) is 38.5 Å². The van der Waals surface area contributed by atoms with Crippen LogP contribution in [0.15, 0.2) is 0 Å². The van der Waals surface area contributed by atoms with Crippen LogP contribution in [0.2, 0.25) is 0 Å². The number of alkyl halides is 2. The molecular weight excluding hydrogens is 194 g/mol. The first-order valence-corrected chi connectivity index (χ1v) is 5.66. The van der Waals surface area contributed by atoms with E-state index in [4.69, 9.17) is 4.55 Å². The summed E-state index contributed by atoms with van der Waals surface area (Å²) in [5, 5.41) is 0. The van der Waals surface area contributed by atoms with E-state index < -0.39 is 17.6 Å². The fraction of sp³-hybridized carbons (Fsp3) is 1.00. The maximum absolute atomic E-state index is 13.3. The third-order valence-electron chi connectivity index (χ3n) is 3.03. The smallest absolute Gasteiger partial charge is 0.262 e. The van der Waals surface area contributed by atoms with Gasteiger partial charge in [-0.3, -0.25) is 0 Å². The van der Waals surface area contributed by atoms with Gasteiger partial charge in [-0.25, -0.2) is 8.78 Å². The minimum atomic E-state index is -2.71. The van der Waals surface area contributed by atoms with E-state index in [1.54, 1.807) is 6.92 Å². The lowest BCUT2D eigenvalue weighted by atomic mass is 9.88. The predicted octanol–water partition coefficient (Wildman–Crippen LogP) is 3.65. The zero-order valence-electron chi connectivity index (χ0n) is 7.80. The number of rotatable bonds is 4.